The lowest BCUT2D eigenvalue weighted by molar-refractivity contribution is -0.117. The molecular formula is C20H22N4O3. The summed E-state index contributed by atoms with van der Waals surface area (Å²) in [6.07, 6.45) is 2.54. The zero-order chi connectivity index (χ0) is 18.6. The summed E-state index contributed by atoms with van der Waals surface area (Å²) in [4.78, 5) is 24.6. The van der Waals surface area contributed by atoms with E-state index in [0.717, 1.165) is 29.5 Å². The van der Waals surface area contributed by atoms with Crippen LogP contribution in [0.3, 0.4) is 0 Å². The molecule has 2 aliphatic rings. The maximum Gasteiger partial charge on any atom is 0.329 e. The third-order valence-electron chi connectivity index (χ3n) is 4.56. The zero-order valence-corrected chi connectivity index (χ0v) is 14.9. The van der Waals surface area contributed by atoms with Crippen LogP contribution in [0.15, 0.2) is 48.5 Å². The summed E-state index contributed by atoms with van der Waals surface area (Å²) < 4.78 is 5.79. The van der Waals surface area contributed by atoms with Gasteiger partial charge in [0.05, 0.1) is 12.3 Å². The molecule has 1 heterocycles. The highest BCUT2D eigenvalue weighted by Gasteiger charge is 2.27. The number of hydrogen-bond donors (Lipinski definition) is 3. The van der Waals surface area contributed by atoms with Crippen LogP contribution in [0.25, 0.3) is 0 Å². The van der Waals surface area contributed by atoms with Crippen molar-refractivity contribution in [3.63, 3.8) is 0 Å². The van der Waals surface area contributed by atoms with Crippen LogP contribution >= 0.6 is 0 Å². The van der Waals surface area contributed by atoms with Crippen molar-refractivity contribution in [1.29, 1.82) is 0 Å². The molecule has 3 amide bonds. The predicted molar refractivity (Wildman–Crippen MR) is 102 cm³/mol. The Morgan fingerprint density at radius 2 is 1.96 bits per heavy atom. The lowest BCUT2D eigenvalue weighted by Gasteiger charge is -2.15. The molecule has 0 bridgehead atoms. The summed E-state index contributed by atoms with van der Waals surface area (Å²) >= 11 is 0. The molecule has 0 radical (unpaired) electrons. The molecule has 0 aromatic heterocycles. The van der Waals surface area contributed by atoms with E-state index in [2.05, 4.69) is 16.2 Å². The van der Waals surface area contributed by atoms with Gasteiger partial charge in [0.15, 0.2) is 0 Å². The molecular weight excluding hydrogens is 344 g/mol. The highest BCUT2D eigenvalue weighted by molar-refractivity contribution is 6.12. The molecule has 7 heteroatoms. The number of nitrogens with one attached hydrogen (secondary N) is 3. The Hall–Kier alpha value is -3.06. The van der Waals surface area contributed by atoms with E-state index in [0.29, 0.717) is 12.2 Å². The summed E-state index contributed by atoms with van der Waals surface area (Å²) in [6.45, 7) is 1.41. The smallest absolute Gasteiger partial charge is 0.329 e. The van der Waals surface area contributed by atoms with Gasteiger partial charge in [-0.2, -0.15) is 0 Å². The SMILES string of the molecule is O=C1CN(c2cccc(CNNc3cccc(OCC4CC4)c3)c2)C(=O)N1. The Kier molecular flexibility index (Phi) is 4.93. The molecule has 0 atom stereocenters. The van der Waals surface area contributed by atoms with Crippen LogP contribution in [-0.2, 0) is 11.3 Å². The van der Waals surface area contributed by atoms with Crippen LogP contribution in [0.2, 0.25) is 0 Å². The third-order valence-corrected chi connectivity index (χ3v) is 4.56. The Balaban J connectivity index is 1.31. The second kappa shape index (κ2) is 7.67. The fraction of sp³-hybridized carbons (Fsp3) is 0.300. The van der Waals surface area contributed by atoms with E-state index in [1.54, 1.807) is 0 Å². The van der Waals surface area contributed by atoms with E-state index < -0.39 is 0 Å². The van der Waals surface area contributed by atoms with Crippen LogP contribution in [0.1, 0.15) is 18.4 Å². The highest BCUT2D eigenvalue weighted by Crippen LogP contribution is 2.30. The average Bonchev–Trinajstić information content (AvgIpc) is 3.43. The van der Waals surface area contributed by atoms with Crippen molar-refractivity contribution in [2.24, 2.45) is 5.92 Å². The van der Waals surface area contributed by atoms with Gasteiger partial charge in [0, 0.05) is 18.3 Å². The van der Waals surface area contributed by atoms with E-state index in [9.17, 15) is 9.59 Å². The Labute approximate surface area is 157 Å². The minimum atomic E-state index is -0.383. The molecule has 3 N–H and O–H groups in total. The standard InChI is InChI=1S/C20H22N4O3/c25-19-12-24(20(26)22-19)17-5-1-3-15(9-17)11-21-23-16-4-2-6-18(10-16)27-13-14-7-8-14/h1-6,9-10,14,21,23H,7-8,11-13H2,(H,22,25,26). The summed E-state index contributed by atoms with van der Waals surface area (Å²) in [5, 5.41) is 2.28. The molecule has 0 spiro atoms. The fourth-order valence-corrected chi connectivity index (χ4v) is 2.90. The molecule has 27 heavy (non-hydrogen) atoms. The molecule has 0 unspecified atom stereocenters. The maximum absolute atomic E-state index is 11.8. The first kappa shape index (κ1) is 17.4. The first-order chi connectivity index (χ1) is 13.2. The van der Waals surface area contributed by atoms with Gasteiger partial charge in [-0.25, -0.2) is 10.2 Å². The lowest BCUT2D eigenvalue weighted by atomic mass is 10.2. The third kappa shape index (κ3) is 4.57. The van der Waals surface area contributed by atoms with Crippen molar-refractivity contribution in [3.05, 3.63) is 54.1 Å². The average molecular weight is 366 g/mol. The number of anilines is 2. The van der Waals surface area contributed by atoms with Crippen LogP contribution in [0.5, 0.6) is 5.75 Å². The summed E-state index contributed by atoms with van der Waals surface area (Å²) in [6, 6.07) is 15.0. The van der Waals surface area contributed by atoms with E-state index >= 15 is 0 Å². The number of imide groups is 1. The topological polar surface area (TPSA) is 82.7 Å². The molecule has 1 aliphatic carbocycles. The van der Waals surface area contributed by atoms with Gasteiger partial charge in [0.1, 0.15) is 12.3 Å². The number of nitrogens with zero attached hydrogens (tertiary/aromatic N) is 1. The lowest BCUT2D eigenvalue weighted by Crippen LogP contribution is -2.28. The molecule has 2 aromatic carbocycles. The van der Waals surface area contributed by atoms with Gasteiger partial charge in [-0.15, -0.1) is 0 Å². The van der Waals surface area contributed by atoms with Gasteiger partial charge in [0.25, 0.3) is 0 Å². The quantitative estimate of drug-likeness (QED) is 0.494. The zero-order valence-electron chi connectivity index (χ0n) is 14.9. The molecule has 4 rings (SSSR count). The van der Waals surface area contributed by atoms with Crippen molar-refractivity contribution in [2.45, 2.75) is 19.4 Å². The molecule has 2 fully saturated rings. The van der Waals surface area contributed by atoms with Crippen molar-refractivity contribution in [1.82, 2.24) is 10.7 Å². The number of hydrazine groups is 1. The normalized spacial score (nSPS) is 16.4. The van der Waals surface area contributed by atoms with E-state index in [-0.39, 0.29) is 18.5 Å². The number of benzene rings is 2. The van der Waals surface area contributed by atoms with Gasteiger partial charge in [-0.05, 0) is 48.6 Å². The number of amides is 3. The number of urea groups is 1. The maximum atomic E-state index is 11.8. The monoisotopic (exact) mass is 366 g/mol. The van der Waals surface area contributed by atoms with Gasteiger partial charge < -0.3 is 10.2 Å². The van der Waals surface area contributed by atoms with E-state index in [1.807, 2.05) is 48.5 Å². The Morgan fingerprint density at radius 1 is 1.11 bits per heavy atom. The number of rotatable bonds is 8. The number of carbonyl (C=O) groups excluding carboxylic acids is 2. The number of carbonyl (C=O) groups is 2. The van der Waals surface area contributed by atoms with Crippen LogP contribution in [-0.4, -0.2) is 25.1 Å². The molecule has 2 aromatic rings. The van der Waals surface area contributed by atoms with E-state index in [4.69, 9.17) is 4.74 Å². The molecule has 140 valence electrons. The minimum Gasteiger partial charge on any atom is -0.493 e. The first-order valence-corrected chi connectivity index (χ1v) is 9.09. The largest absolute Gasteiger partial charge is 0.493 e. The first-order valence-electron chi connectivity index (χ1n) is 9.09. The highest BCUT2D eigenvalue weighted by atomic mass is 16.5. The molecule has 1 saturated carbocycles. The second-order valence-corrected chi connectivity index (χ2v) is 6.87. The predicted octanol–water partition coefficient (Wildman–Crippen LogP) is 2.65. The fourth-order valence-electron chi connectivity index (χ4n) is 2.90. The minimum absolute atomic E-state index is 0.0572. The Morgan fingerprint density at radius 3 is 2.74 bits per heavy atom. The summed E-state index contributed by atoms with van der Waals surface area (Å²) in [7, 11) is 0. The number of ether oxygens (including phenoxy) is 1. The van der Waals surface area contributed by atoms with Crippen LogP contribution < -0.4 is 25.8 Å². The second-order valence-electron chi connectivity index (χ2n) is 6.87. The van der Waals surface area contributed by atoms with Crippen molar-refractivity contribution < 1.29 is 14.3 Å². The molecule has 1 saturated heterocycles. The Bertz CT molecular complexity index is 851. The van der Waals surface area contributed by atoms with E-state index in [1.165, 1.54) is 17.7 Å². The van der Waals surface area contributed by atoms with Crippen LogP contribution in [0, 0.1) is 5.92 Å². The van der Waals surface area contributed by atoms with Crippen molar-refractivity contribution in [3.8, 4) is 5.75 Å². The molecule has 1 aliphatic heterocycles. The molecule has 7 nitrogen and oxygen atoms in total. The summed E-state index contributed by atoms with van der Waals surface area (Å²) in [5.74, 6) is 1.30. The van der Waals surface area contributed by atoms with Crippen molar-refractivity contribution >= 4 is 23.3 Å². The van der Waals surface area contributed by atoms with Crippen LogP contribution in [0.4, 0.5) is 16.2 Å². The summed E-state index contributed by atoms with van der Waals surface area (Å²) in [5.41, 5.74) is 8.95. The van der Waals surface area contributed by atoms with Gasteiger partial charge in [0.2, 0.25) is 5.91 Å². The van der Waals surface area contributed by atoms with Gasteiger partial charge >= 0.3 is 6.03 Å². The number of hydrogen-bond acceptors (Lipinski definition) is 5. The van der Waals surface area contributed by atoms with Crippen molar-refractivity contribution in [2.75, 3.05) is 23.5 Å². The van der Waals surface area contributed by atoms with Gasteiger partial charge in [-0.1, -0.05) is 18.2 Å². The van der Waals surface area contributed by atoms with Gasteiger partial charge in [-0.3, -0.25) is 15.0 Å².